The van der Waals surface area contributed by atoms with Crippen LogP contribution >= 0.6 is 15.9 Å². The second-order valence-electron chi connectivity index (χ2n) is 5.80. The van der Waals surface area contributed by atoms with Crippen molar-refractivity contribution in [1.29, 1.82) is 0 Å². The summed E-state index contributed by atoms with van der Waals surface area (Å²) in [5.74, 6) is 0.243. The number of carbonyl (C=O) groups excluding carboxylic acids is 1. The van der Waals surface area contributed by atoms with E-state index in [9.17, 15) is 4.79 Å². The van der Waals surface area contributed by atoms with Crippen molar-refractivity contribution in [3.63, 3.8) is 0 Å². The van der Waals surface area contributed by atoms with Crippen LogP contribution in [0.25, 0.3) is 0 Å². The van der Waals surface area contributed by atoms with Crippen molar-refractivity contribution >= 4 is 21.7 Å². The number of nitrogens with one attached hydrogen (secondary N) is 1. The molecule has 0 aliphatic heterocycles. The van der Waals surface area contributed by atoms with Gasteiger partial charge in [0.25, 0.3) is 0 Å². The van der Waals surface area contributed by atoms with E-state index < -0.39 is 0 Å². The van der Waals surface area contributed by atoms with Crippen LogP contribution in [0.5, 0.6) is 0 Å². The minimum atomic E-state index is 0.0582. The van der Waals surface area contributed by atoms with Gasteiger partial charge < -0.3 is 5.32 Å². The third kappa shape index (κ3) is 5.07. The van der Waals surface area contributed by atoms with Crippen molar-refractivity contribution in [1.82, 2.24) is 15.1 Å². The third-order valence-electron chi connectivity index (χ3n) is 2.88. The lowest BCUT2D eigenvalue weighted by Gasteiger charge is -2.20. The second-order valence-corrected chi connectivity index (χ2v) is 6.60. The number of nitrogens with zero attached hydrogens (tertiary/aromatic N) is 2. The Bertz CT molecular complexity index is 446. The molecule has 0 amide bonds. The van der Waals surface area contributed by atoms with Gasteiger partial charge in [-0.2, -0.15) is 5.10 Å². The lowest BCUT2D eigenvalue weighted by atomic mass is 10.1. The van der Waals surface area contributed by atoms with E-state index in [1.165, 1.54) is 0 Å². The van der Waals surface area contributed by atoms with E-state index in [4.69, 9.17) is 0 Å². The van der Waals surface area contributed by atoms with Gasteiger partial charge in [0.1, 0.15) is 5.78 Å². The SMILES string of the molecule is CCn1nc(C)c(Br)c1CC(=O)CCNC(C)(C)C. The van der Waals surface area contributed by atoms with E-state index in [1.807, 2.05) is 18.5 Å². The number of hydrogen-bond donors (Lipinski definition) is 1. The number of Topliss-reactive ketones (excluding diaryl/α,β-unsaturated/α-hetero) is 1. The molecule has 0 aliphatic carbocycles. The topological polar surface area (TPSA) is 46.9 Å². The minimum Gasteiger partial charge on any atom is -0.312 e. The van der Waals surface area contributed by atoms with Gasteiger partial charge in [0, 0.05) is 31.5 Å². The van der Waals surface area contributed by atoms with Crippen molar-refractivity contribution in [3.8, 4) is 0 Å². The number of halogens is 1. The Labute approximate surface area is 124 Å². The van der Waals surface area contributed by atoms with Crippen LogP contribution in [0.1, 0.15) is 45.5 Å². The van der Waals surface area contributed by atoms with Crippen molar-refractivity contribution in [3.05, 3.63) is 15.9 Å². The summed E-state index contributed by atoms with van der Waals surface area (Å²) < 4.78 is 2.86. The first-order valence-corrected chi connectivity index (χ1v) is 7.52. The molecule has 1 aromatic heterocycles. The van der Waals surface area contributed by atoms with Crippen molar-refractivity contribution in [2.24, 2.45) is 0 Å². The van der Waals surface area contributed by atoms with Gasteiger partial charge in [-0.1, -0.05) is 0 Å². The molecule has 0 radical (unpaired) electrons. The molecule has 5 heteroatoms. The molecule has 0 aromatic carbocycles. The monoisotopic (exact) mass is 329 g/mol. The molecule has 0 fully saturated rings. The summed E-state index contributed by atoms with van der Waals surface area (Å²) in [5.41, 5.74) is 1.99. The van der Waals surface area contributed by atoms with Crippen LogP contribution in [-0.4, -0.2) is 27.6 Å². The Morgan fingerprint density at radius 3 is 2.58 bits per heavy atom. The molecule has 0 saturated carbocycles. The van der Waals surface area contributed by atoms with Crippen LogP contribution in [0.15, 0.2) is 4.47 Å². The summed E-state index contributed by atoms with van der Waals surface area (Å²) in [6.45, 7) is 11.8. The number of rotatable bonds is 6. The predicted molar refractivity (Wildman–Crippen MR) is 81.4 cm³/mol. The first-order valence-electron chi connectivity index (χ1n) is 6.73. The normalized spacial score (nSPS) is 11.9. The van der Waals surface area contributed by atoms with Crippen LogP contribution < -0.4 is 5.32 Å². The number of carbonyl (C=O) groups is 1. The summed E-state index contributed by atoms with van der Waals surface area (Å²) in [6.07, 6.45) is 0.999. The molecule has 1 N–H and O–H groups in total. The lowest BCUT2D eigenvalue weighted by Crippen LogP contribution is -2.37. The second kappa shape index (κ2) is 6.66. The highest BCUT2D eigenvalue weighted by atomic mass is 79.9. The molecule has 1 heterocycles. The summed E-state index contributed by atoms with van der Waals surface area (Å²) in [7, 11) is 0. The maximum Gasteiger partial charge on any atom is 0.140 e. The Morgan fingerprint density at radius 2 is 2.05 bits per heavy atom. The van der Waals surface area contributed by atoms with Crippen LogP contribution in [0, 0.1) is 6.92 Å². The fourth-order valence-corrected chi connectivity index (χ4v) is 2.31. The quantitative estimate of drug-likeness (QED) is 0.872. The van der Waals surface area contributed by atoms with Crippen molar-refractivity contribution in [2.75, 3.05) is 6.54 Å². The van der Waals surface area contributed by atoms with Gasteiger partial charge >= 0.3 is 0 Å². The average molecular weight is 330 g/mol. The summed E-state index contributed by atoms with van der Waals surface area (Å²) in [6, 6.07) is 0. The van der Waals surface area contributed by atoms with Crippen LogP contribution in [-0.2, 0) is 17.8 Å². The summed E-state index contributed by atoms with van der Waals surface area (Å²) in [4.78, 5) is 12.0. The zero-order chi connectivity index (χ0) is 14.6. The number of aryl methyl sites for hydroxylation is 2. The van der Waals surface area contributed by atoms with Crippen LogP contribution in [0.4, 0.5) is 0 Å². The smallest absolute Gasteiger partial charge is 0.140 e. The van der Waals surface area contributed by atoms with Gasteiger partial charge in [-0.3, -0.25) is 9.48 Å². The molecule has 19 heavy (non-hydrogen) atoms. The zero-order valence-electron chi connectivity index (χ0n) is 12.5. The molecular formula is C14H24BrN3O. The van der Waals surface area contributed by atoms with Gasteiger partial charge in [0.15, 0.2) is 0 Å². The van der Waals surface area contributed by atoms with Crippen LogP contribution in [0.3, 0.4) is 0 Å². The molecule has 108 valence electrons. The van der Waals surface area contributed by atoms with Gasteiger partial charge in [-0.05, 0) is 50.5 Å². The molecule has 1 aromatic rings. The number of hydrogen-bond acceptors (Lipinski definition) is 3. The maximum absolute atomic E-state index is 12.0. The van der Waals surface area contributed by atoms with Gasteiger partial charge in [0.05, 0.1) is 15.9 Å². The average Bonchev–Trinajstić information content (AvgIpc) is 2.55. The predicted octanol–water partition coefficient (Wildman–Crippen LogP) is 2.86. The fourth-order valence-electron chi connectivity index (χ4n) is 1.89. The Kier molecular flexibility index (Phi) is 5.74. The third-order valence-corrected chi connectivity index (χ3v) is 3.91. The molecular weight excluding hydrogens is 306 g/mol. The molecule has 0 saturated heterocycles. The van der Waals surface area contributed by atoms with E-state index in [-0.39, 0.29) is 11.3 Å². The molecule has 0 spiro atoms. The highest BCUT2D eigenvalue weighted by Gasteiger charge is 2.16. The Hall–Kier alpha value is -0.680. The highest BCUT2D eigenvalue weighted by Crippen LogP contribution is 2.21. The Balaban J connectivity index is 2.58. The first-order chi connectivity index (χ1) is 8.74. The maximum atomic E-state index is 12.0. The highest BCUT2D eigenvalue weighted by molar-refractivity contribution is 9.10. The zero-order valence-corrected chi connectivity index (χ0v) is 14.1. The van der Waals surface area contributed by atoms with E-state index >= 15 is 0 Å². The molecule has 0 unspecified atom stereocenters. The summed E-state index contributed by atoms with van der Waals surface area (Å²) >= 11 is 3.52. The fraction of sp³-hybridized carbons (Fsp3) is 0.714. The minimum absolute atomic E-state index is 0.0582. The van der Waals surface area contributed by atoms with E-state index in [0.29, 0.717) is 12.8 Å². The van der Waals surface area contributed by atoms with Crippen molar-refractivity contribution in [2.45, 2.75) is 59.5 Å². The molecule has 1 rings (SSSR count). The molecule has 0 atom stereocenters. The molecule has 0 aliphatic rings. The first kappa shape index (κ1) is 16.4. The number of aromatic nitrogens is 2. The van der Waals surface area contributed by atoms with Gasteiger partial charge in [0.2, 0.25) is 0 Å². The van der Waals surface area contributed by atoms with E-state index in [2.05, 4.69) is 47.1 Å². The lowest BCUT2D eigenvalue weighted by molar-refractivity contribution is -0.118. The molecule has 4 nitrogen and oxygen atoms in total. The number of ketones is 1. The summed E-state index contributed by atoms with van der Waals surface area (Å²) in [5, 5.41) is 7.74. The van der Waals surface area contributed by atoms with E-state index in [1.54, 1.807) is 0 Å². The molecule has 0 bridgehead atoms. The van der Waals surface area contributed by atoms with Gasteiger partial charge in [-0.25, -0.2) is 0 Å². The van der Waals surface area contributed by atoms with Crippen molar-refractivity contribution < 1.29 is 4.79 Å². The van der Waals surface area contributed by atoms with Crippen LogP contribution in [0.2, 0.25) is 0 Å². The van der Waals surface area contributed by atoms with E-state index in [0.717, 1.165) is 29.0 Å². The largest absolute Gasteiger partial charge is 0.312 e. The Morgan fingerprint density at radius 1 is 1.42 bits per heavy atom. The van der Waals surface area contributed by atoms with Gasteiger partial charge in [-0.15, -0.1) is 0 Å². The standard InChI is InChI=1S/C14H24BrN3O/c1-6-18-12(13(15)10(2)17-18)9-11(19)7-8-16-14(3,4)5/h16H,6-9H2,1-5H3.